The van der Waals surface area contributed by atoms with Crippen molar-refractivity contribution in [3.63, 3.8) is 0 Å². The third-order valence-electron chi connectivity index (χ3n) is 4.62. The Bertz CT molecular complexity index is 194. The summed E-state index contributed by atoms with van der Waals surface area (Å²) in [5.41, 5.74) is 0.583. The molecule has 0 radical (unpaired) electrons. The first-order valence-electron chi connectivity index (χ1n) is 6.70. The Kier molecular flexibility index (Phi) is 5.55. The Hall–Kier alpha value is 0.210. The summed E-state index contributed by atoms with van der Waals surface area (Å²) in [6, 6.07) is 0. The van der Waals surface area contributed by atoms with Crippen molar-refractivity contribution < 1.29 is 0 Å². The summed E-state index contributed by atoms with van der Waals surface area (Å²) in [7, 11) is 2.25. The van der Waals surface area contributed by atoms with E-state index >= 15 is 0 Å². The van der Waals surface area contributed by atoms with Crippen LogP contribution in [0, 0.1) is 0 Å². The molecule has 0 aromatic heterocycles. The van der Waals surface area contributed by atoms with Gasteiger partial charge in [-0.2, -0.15) is 0 Å². The molecule has 0 bridgehead atoms. The molecule has 1 saturated carbocycles. The van der Waals surface area contributed by atoms with Crippen LogP contribution in [0.4, 0.5) is 0 Å². The van der Waals surface area contributed by atoms with Gasteiger partial charge in [-0.1, -0.05) is 26.2 Å². The highest BCUT2D eigenvalue weighted by Crippen LogP contribution is 2.36. The summed E-state index contributed by atoms with van der Waals surface area (Å²) in [5, 5.41) is 0. The van der Waals surface area contributed by atoms with E-state index in [1.165, 1.54) is 64.7 Å². The predicted octanol–water partition coefficient (Wildman–Crippen LogP) is 2.77. The average Bonchev–Trinajstić information content (AvgIpc) is 2.31. The van der Waals surface area contributed by atoms with Crippen LogP contribution in [0.2, 0.25) is 0 Å². The van der Waals surface area contributed by atoms with E-state index < -0.39 is 0 Å². The fourth-order valence-corrected chi connectivity index (χ4v) is 3.38. The summed E-state index contributed by atoms with van der Waals surface area (Å²) >= 11 is 0. The molecule has 0 aromatic rings. The highest BCUT2D eigenvalue weighted by atomic mass is 35.5. The molecule has 0 N–H and O–H groups in total. The van der Waals surface area contributed by atoms with Crippen molar-refractivity contribution in [3.05, 3.63) is 0 Å². The first-order valence-corrected chi connectivity index (χ1v) is 6.70. The molecule has 1 heterocycles. The summed E-state index contributed by atoms with van der Waals surface area (Å²) in [6.45, 7) is 7.52. The van der Waals surface area contributed by atoms with Gasteiger partial charge in [-0.3, -0.25) is 4.90 Å². The minimum absolute atomic E-state index is 0. The van der Waals surface area contributed by atoms with Gasteiger partial charge in [0.2, 0.25) is 0 Å². The van der Waals surface area contributed by atoms with Crippen LogP contribution in [0.3, 0.4) is 0 Å². The molecule has 2 nitrogen and oxygen atoms in total. The van der Waals surface area contributed by atoms with Crippen LogP contribution >= 0.6 is 12.4 Å². The maximum atomic E-state index is 2.80. The molecule has 16 heavy (non-hydrogen) atoms. The minimum atomic E-state index is 0. The Morgan fingerprint density at radius 1 is 0.938 bits per heavy atom. The highest BCUT2D eigenvalue weighted by Gasteiger charge is 2.36. The Labute approximate surface area is 107 Å². The lowest BCUT2D eigenvalue weighted by Gasteiger charge is -2.49. The molecule has 0 atom stereocenters. The van der Waals surface area contributed by atoms with Crippen LogP contribution in [0.15, 0.2) is 0 Å². The van der Waals surface area contributed by atoms with Crippen molar-refractivity contribution in [2.75, 3.05) is 33.2 Å². The number of nitrogens with zero attached hydrogens (tertiary/aromatic N) is 2. The van der Waals surface area contributed by atoms with Crippen molar-refractivity contribution in [3.8, 4) is 0 Å². The Morgan fingerprint density at radius 3 is 2.00 bits per heavy atom. The number of rotatable bonds is 2. The summed E-state index contributed by atoms with van der Waals surface area (Å²) < 4.78 is 0. The van der Waals surface area contributed by atoms with Crippen molar-refractivity contribution in [1.82, 2.24) is 9.80 Å². The van der Waals surface area contributed by atoms with Crippen LogP contribution in [-0.2, 0) is 0 Å². The molecule has 0 aromatic carbocycles. The second kappa shape index (κ2) is 6.23. The molecule has 1 saturated heterocycles. The molecule has 2 rings (SSSR count). The first-order chi connectivity index (χ1) is 7.27. The molecule has 0 amide bonds. The second-order valence-corrected chi connectivity index (χ2v) is 5.43. The van der Waals surface area contributed by atoms with E-state index in [1.54, 1.807) is 0 Å². The van der Waals surface area contributed by atoms with Crippen LogP contribution in [0.1, 0.15) is 45.4 Å². The number of piperazine rings is 1. The predicted molar refractivity (Wildman–Crippen MR) is 72.4 cm³/mol. The lowest BCUT2D eigenvalue weighted by atomic mass is 9.78. The van der Waals surface area contributed by atoms with Gasteiger partial charge in [0.05, 0.1) is 0 Å². The van der Waals surface area contributed by atoms with E-state index in [2.05, 4.69) is 23.8 Å². The number of halogens is 1. The molecule has 96 valence electrons. The molecule has 0 spiro atoms. The monoisotopic (exact) mass is 246 g/mol. The third-order valence-corrected chi connectivity index (χ3v) is 4.62. The van der Waals surface area contributed by atoms with Gasteiger partial charge in [0.1, 0.15) is 0 Å². The van der Waals surface area contributed by atoms with Gasteiger partial charge in [0.15, 0.2) is 0 Å². The van der Waals surface area contributed by atoms with E-state index in [-0.39, 0.29) is 12.4 Å². The second-order valence-electron chi connectivity index (χ2n) is 5.43. The van der Waals surface area contributed by atoms with Gasteiger partial charge < -0.3 is 4.90 Å². The van der Waals surface area contributed by atoms with E-state index in [1.807, 2.05) is 0 Å². The van der Waals surface area contributed by atoms with Crippen molar-refractivity contribution in [1.29, 1.82) is 0 Å². The van der Waals surface area contributed by atoms with Crippen molar-refractivity contribution in [2.45, 2.75) is 51.0 Å². The maximum Gasteiger partial charge on any atom is 0.0208 e. The highest BCUT2D eigenvalue weighted by molar-refractivity contribution is 5.85. The maximum absolute atomic E-state index is 2.80. The summed E-state index contributed by atoms with van der Waals surface area (Å²) in [4.78, 5) is 5.26. The number of likely N-dealkylation sites (N-methyl/N-ethyl adjacent to an activating group) is 1. The molecular weight excluding hydrogens is 220 g/mol. The zero-order valence-corrected chi connectivity index (χ0v) is 11.7. The van der Waals surface area contributed by atoms with E-state index in [0.717, 1.165) is 0 Å². The Balaban J connectivity index is 0.00000128. The van der Waals surface area contributed by atoms with Gasteiger partial charge in [-0.25, -0.2) is 0 Å². The molecule has 1 aliphatic heterocycles. The Morgan fingerprint density at radius 2 is 1.50 bits per heavy atom. The van der Waals surface area contributed by atoms with Crippen molar-refractivity contribution >= 4 is 12.4 Å². The quantitative estimate of drug-likeness (QED) is 0.740. The van der Waals surface area contributed by atoms with E-state index in [4.69, 9.17) is 0 Å². The fraction of sp³-hybridized carbons (Fsp3) is 1.00. The van der Waals surface area contributed by atoms with Gasteiger partial charge in [0.25, 0.3) is 0 Å². The lowest BCUT2D eigenvalue weighted by Crippen LogP contribution is -2.56. The molecular formula is C13H27ClN2. The molecule has 1 aliphatic carbocycles. The van der Waals surface area contributed by atoms with Crippen LogP contribution in [-0.4, -0.2) is 48.6 Å². The van der Waals surface area contributed by atoms with E-state index in [0.29, 0.717) is 5.54 Å². The fourth-order valence-electron chi connectivity index (χ4n) is 3.38. The summed E-state index contributed by atoms with van der Waals surface area (Å²) in [5.74, 6) is 0. The number of hydrogen-bond acceptors (Lipinski definition) is 2. The SMILES string of the molecule is CCC1(N2CCN(C)CC2)CCCCC1.Cl. The van der Waals surface area contributed by atoms with Crippen LogP contribution < -0.4 is 0 Å². The average molecular weight is 247 g/mol. The van der Waals surface area contributed by atoms with Crippen molar-refractivity contribution in [2.24, 2.45) is 0 Å². The van der Waals surface area contributed by atoms with Gasteiger partial charge in [0, 0.05) is 31.7 Å². The third kappa shape index (κ3) is 2.91. The lowest BCUT2D eigenvalue weighted by molar-refractivity contribution is 0.0108. The first kappa shape index (κ1) is 14.3. The molecule has 3 heteroatoms. The summed E-state index contributed by atoms with van der Waals surface area (Å²) in [6.07, 6.45) is 8.65. The normalized spacial score (nSPS) is 27.4. The zero-order chi connectivity index (χ0) is 10.7. The smallest absolute Gasteiger partial charge is 0.0208 e. The van der Waals surface area contributed by atoms with Gasteiger partial charge >= 0.3 is 0 Å². The largest absolute Gasteiger partial charge is 0.304 e. The molecule has 2 aliphatic rings. The van der Waals surface area contributed by atoms with E-state index in [9.17, 15) is 0 Å². The minimum Gasteiger partial charge on any atom is -0.304 e. The van der Waals surface area contributed by atoms with Gasteiger partial charge in [-0.05, 0) is 26.3 Å². The van der Waals surface area contributed by atoms with Gasteiger partial charge in [-0.15, -0.1) is 12.4 Å². The molecule has 2 fully saturated rings. The topological polar surface area (TPSA) is 6.48 Å². The van der Waals surface area contributed by atoms with Crippen LogP contribution in [0.25, 0.3) is 0 Å². The van der Waals surface area contributed by atoms with Crippen LogP contribution in [0.5, 0.6) is 0 Å². The standard InChI is InChI=1S/C13H26N2.ClH/c1-3-13(7-5-4-6-8-13)15-11-9-14(2)10-12-15;/h3-12H2,1-2H3;1H. The molecule has 0 unspecified atom stereocenters. The zero-order valence-electron chi connectivity index (χ0n) is 10.9. The number of hydrogen-bond donors (Lipinski definition) is 0.